The molecule has 0 N–H and O–H groups in total. The molecule has 0 aromatic heterocycles. The first-order valence-electron chi connectivity index (χ1n) is 5.89. The summed E-state index contributed by atoms with van der Waals surface area (Å²) in [4.78, 5) is 0. The molecule has 0 atom stereocenters. The van der Waals surface area contributed by atoms with Crippen LogP contribution < -0.4 is 0 Å². The quantitative estimate of drug-likeness (QED) is 0.663. The Morgan fingerprint density at radius 1 is 1.26 bits per heavy atom. The van der Waals surface area contributed by atoms with Crippen molar-refractivity contribution in [2.45, 2.75) is 18.3 Å². The molecule has 19 heavy (non-hydrogen) atoms. The zero-order chi connectivity index (χ0) is 14.5. The molecule has 0 aliphatic heterocycles. The maximum absolute atomic E-state index is 11.2. The number of sulfone groups is 1. The predicted molar refractivity (Wildman–Crippen MR) is 86.2 cm³/mol. The highest BCUT2D eigenvalue weighted by molar-refractivity contribution is 9.10. The van der Waals surface area contributed by atoms with E-state index in [1.165, 1.54) is 6.26 Å². The van der Waals surface area contributed by atoms with E-state index in [1.807, 2.05) is 24.3 Å². The van der Waals surface area contributed by atoms with Crippen LogP contribution in [0.2, 0.25) is 0 Å². The number of alkyl halides is 2. The molecule has 0 bridgehead atoms. The van der Waals surface area contributed by atoms with Gasteiger partial charge in [-0.3, -0.25) is 0 Å². The van der Waals surface area contributed by atoms with Gasteiger partial charge in [-0.2, -0.15) is 0 Å². The van der Waals surface area contributed by atoms with Gasteiger partial charge in [0.05, 0.1) is 0 Å². The van der Waals surface area contributed by atoms with E-state index in [0.717, 1.165) is 10.0 Å². The lowest BCUT2D eigenvalue weighted by atomic mass is 9.80. The molecule has 1 rings (SSSR count). The standard InChI is InChI=1S/C13H17BrCl2O2S/c1-19(17,18)7-3-6-13(9-15,10-16)11-4-2-5-12(14)8-11/h2,4-5,8H,3,6-7,9-10H2,1H3. The first-order chi connectivity index (χ1) is 8.83. The highest BCUT2D eigenvalue weighted by Gasteiger charge is 2.30. The summed E-state index contributed by atoms with van der Waals surface area (Å²) in [5.41, 5.74) is 0.665. The summed E-state index contributed by atoms with van der Waals surface area (Å²) >= 11 is 15.7. The Hall–Kier alpha value is 0.230. The zero-order valence-corrected chi connectivity index (χ0v) is 14.6. The summed E-state index contributed by atoms with van der Waals surface area (Å²) < 4.78 is 23.4. The Morgan fingerprint density at radius 2 is 1.89 bits per heavy atom. The maximum Gasteiger partial charge on any atom is 0.147 e. The van der Waals surface area contributed by atoms with Crippen LogP contribution in [0, 0.1) is 0 Å². The van der Waals surface area contributed by atoms with Crippen LogP contribution in [0.5, 0.6) is 0 Å². The first-order valence-corrected chi connectivity index (χ1v) is 9.81. The third-order valence-corrected chi connectivity index (χ3v) is 5.67. The van der Waals surface area contributed by atoms with Gasteiger partial charge >= 0.3 is 0 Å². The van der Waals surface area contributed by atoms with Crippen LogP contribution in [-0.2, 0) is 15.3 Å². The molecule has 0 aliphatic carbocycles. The second kappa shape index (κ2) is 7.30. The van der Waals surface area contributed by atoms with Gasteiger partial charge in [0.2, 0.25) is 0 Å². The van der Waals surface area contributed by atoms with Gasteiger partial charge in [-0.1, -0.05) is 28.1 Å². The van der Waals surface area contributed by atoms with Gasteiger partial charge in [-0.25, -0.2) is 8.42 Å². The summed E-state index contributed by atoms with van der Waals surface area (Å²) in [6.07, 6.45) is 2.46. The van der Waals surface area contributed by atoms with Gasteiger partial charge in [-0.15, -0.1) is 23.2 Å². The Morgan fingerprint density at radius 3 is 2.37 bits per heavy atom. The summed E-state index contributed by atoms with van der Waals surface area (Å²) in [5, 5.41) is 0. The third kappa shape index (κ3) is 5.25. The summed E-state index contributed by atoms with van der Waals surface area (Å²) in [7, 11) is -2.95. The molecular weight excluding hydrogens is 371 g/mol. The minimum Gasteiger partial charge on any atom is -0.229 e. The van der Waals surface area contributed by atoms with Crippen molar-refractivity contribution in [2.24, 2.45) is 0 Å². The average molecular weight is 388 g/mol. The number of hydrogen-bond donors (Lipinski definition) is 0. The van der Waals surface area contributed by atoms with Crippen LogP contribution >= 0.6 is 39.1 Å². The molecule has 0 aliphatic rings. The van der Waals surface area contributed by atoms with E-state index < -0.39 is 9.84 Å². The summed E-state index contributed by atoms with van der Waals surface area (Å²) in [6, 6.07) is 7.85. The second-order valence-corrected chi connectivity index (χ2v) is 8.50. The van der Waals surface area contributed by atoms with Gasteiger partial charge in [-0.05, 0) is 30.5 Å². The van der Waals surface area contributed by atoms with E-state index in [1.54, 1.807) is 0 Å². The van der Waals surface area contributed by atoms with E-state index in [2.05, 4.69) is 15.9 Å². The second-order valence-electron chi connectivity index (χ2n) is 4.79. The predicted octanol–water partition coefficient (Wildman–Crippen LogP) is 3.99. The normalized spacial score (nSPS) is 12.6. The fraction of sp³-hybridized carbons (Fsp3) is 0.538. The van der Waals surface area contributed by atoms with Crippen molar-refractivity contribution in [3.63, 3.8) is 0 Å². The van der Waals surface area contributed by atoms with Crippen molar-refractivity contribution >= 4 is 49.0 Å². The Balaban J connectivity index is 2.91. The van der Waals surface area contributed by atoms with Crippen LogP contribution in [0.15, 0.2) is 28.7 Å². The monoisotopic (exact) mass is 386 g/mol. The molecule has 0 unspecified atom stereocenters. The third-order valence-electron chi connectivity index (χ3n) is 3.12. The van der Waals surface area contributed by atoms with E-state index in [4.69, 9.17) is 23.2 Å². The maximum atomic E-state index is 11.2. The topological polar surface area (TPSA) is 34.1 Å². The van der Waals surface area contributed by atoms with E-state index in [9.17, 15) is 8.42 Å². The fourth-order valence-corrected chi connectivity index (χ4v) is 3.89. The lowest BCUT2D eigenvalue weighted by Gasteiger charge is -2.30. The lowest BCUT2D eigenvalue weighted by Crippen LogP contribution is -2.31. The van der Waals surface area contributed by atoms with Gasteiger partial charge in [0, 0.05) is 33.7 Å². The van der Waals surface area contributed by atoms with Gasteiger partial charge in [0.25, 0.3) is 0 Å². The molecule has 1 aromatic rings. The molecule has 0 heterocycles. The smallest absolute Gasteiger partial charge is 0.147 e. The molecule has 0 saturated carbocycles. The minimum atomic E-state index is -2.95. The van der Waals surface area contributed by atoms with Crippen LogP contribution in [0.25, 0.3) is 0 Å². The van der Waals surface area contributed by atoms with Gasteiger partial charge < -0.3 is 0 Å². The highest BCUT2D eigenvalue weighted by atomic mass is 79.9. The van der Waals surface area contributed by atoms with E-state index in [0.29, 0.717) is 24.6 Å². The molecule has 0 spiro atoms. The van der Waals surface area contributed by atoms with Crippen LogP contribution in [-0.4, -0.2) is 32.2 Å². The Labute approximate surface area is 133 Å². The molecule has 0 saturated heterocycles. The van der Waals surface area contributed by atoms with Gasteiger partial charge in [0.1, 0.15) is 9.84 Å². The fourth-order valence-electron chi connectivity index (χ4n) is 1.96. The Bertz CT molecular complexity index is 513. The molecule has 0 fully saturated rings. The van der Waals surface area contributed by atoms with Crippen molar-refractivity contribution in [3.8, 4) is 0 Å². The van der Waals surface area contributed by atoms with Crippen molar-refractivity contribution in [1.82, 2.24) is 0 Å². The SMILES string of the molecule is CS(=O)(=O)CCCC(CCl)(CCl)c1cccc(Br)c1. The zero-order valence-electron chi connectivity index (χ0n) is 10.7. The number of benzene rings is 1. The van der Waals surface area contributed by atoms with Crippen molar-refractivity contribution in [2.75, 3.05) is 23.8 Å². The minimum absolute atomic E-state index is 0.163. The van der Waals surface area contributed by atoms with Crippen LogP contribution in [0.4, 0.5) is 0 Å². The van der Waals surface area contributed by atoms with Crippen molar-refractivity contribution in [1.29, 1.82) is 0 Å². The molecule has 6 heteroatoms. The van der Waals surface area contributed by atoms with E-state index >= 15 is 0 Å². The lowest BCUT2D eigenvalue weighted by molar-refractivity contribution is 0.483. The highest BCUT2D eigenvalue weighted by Crippen LogP contribution is 2.34. The largest absolute Gasteiger partial charge is 0.229 e. The number of hydrogen-bond acceptors (Lipinski definition) is 2. The van der Waals surface area contributed by atoms with Crippen LogP contribution in [0.1, 0.15) is 18.4 Å². The first kappa shape index (κ1) is 17.3. The molecule has 108 valence electrons. The molecule has 2 nitrogen and oxygen atoms in total. The number of halogens is 3. The summed E-state index contributed by atoms with van der Waals surface area (Å²) in [5.74, 6) is 0.907. The van der Waals surface area contributed by atoms with Crippen LogP contribution in [0.3, 0.4) is 0 Å². The average Bonchev–Trinajstić information content (AvgIpc) is 2.34. The van der Waals surface area contributed by atoms with E-state index in [-0.39, 0.29) is 11.2 Å². The number of rotatable bonds is 7. The summed E-state index contributed by atoms with van der Waals surface area (Å²) in [6.45, 7) is 0. The molecule has 0 radical (unpaired) electrons. The molecular formula is C13H17BrCl2O2S. The van der Waals surface area contributed by atoms with Crippen molar-refractivity contribution in [3.05, 3.63) is 34.3 Å². The van der Waals surface area contributed by atoms with Crippen molar-refractivity contribution < 1.29 is 8.42 Å². The molecule has 1 aromatic carbocycles. The van der Waals surface area contributed by atoms with Gasteiger partial charge in [0.15, 0.2) is 0 Å². The molecule has 0 amide bonds. The Kier molecular flexibility index (Phi) is 6.64.